The molecule has 0 aliphatic rings. The van der Waals surface area contributed by atoms with Crippen molar-refractivity contribution in [1.29, 1.82) is 0 Å². The van der Waals surface area contributed by atoms with Crippen molar-refractivity contribution < 1.29 is 23.5 Å². The molecule has 20 heavy (non-hydrogen) atoms. The fourth-order valence-corrected chi connectivity index (χ4v) is 1.68. The molecule has 2 rings (SSSR count). The number of primary amides is 1. The number of ether oxygens (including phenoxy) is 2. The second kappa shape index (κ2) is 5.92. The number of amides is 1. The minimum Gasteiger partial charge on any atom is -0.485 e. The molecule has 104 valence electrons. The first-order valence-corrected chi connectivity index (χ1v) is 5.79. The number of nitrogens with two attached hydrogens (primary N) is 1. The molecule has 1 heterocycles. The summed E-state index contributed by atoms with van der Waals surface area (Å²) in [6, 6.07) is 8.05. The van der Waals surface area contributed by atoms with Crippen LogP contribution in [0.3, 0.4) is 0 Å². The fraction of sp³-hybridized carbons (Fsp3) is 0.143. The van der Waals surface area contributed by atoms with Crippen LogP contribution < -0.4 is 10.5 Å². The fourth-order valence-electron chi connectivity index (χ4n) is 1.68. The van der Waals surface area contributed by atoms with Crippen molar-refractivity contribution in [2.45, 2.75) is 6.61 Å². The lowest BCUT2D eigenvalue weighted by Gasteiger charge is -2.08. The van der Waals surface area contributed by atoms with Crippen molar-refractivity contribution >= 4 is 11.9 Å². The van der Waals surface area contributed by atoms with Gasteiger partial charge in [-0.15, -0.1) is 0 Å². The number of hydrogen-bond donors (Lipinski definition) is 1. The number of esters is 1. The molecule has 0 atom stereocenters. The van der Waals surface area contributed by atoms with Gasteiger partial charge in [-0.25, -0.2) is 4.79 Å². The normalized spacial score (nSPS) is 10.1. The van der Waals surface area contributed by atoms with E-state index >= 15 is 0 Å². The molecular formula is C14H13NO5. The smallest absolute Gasteiger partial charge is 0.341 e. The number of carbonyl (C=O) groups is 2. The largest absolute Gasteiger partial charge is 0.485 e. The van der Waals surface area contributed by atoms with Crippen molar-refractivity contribution in [2.75, 3.05) is 7.11 Å². The van der Waals surface area contributed by atoms with Gasteiger partial charge in [0.05, 0.1) is 18.9 Å². The Morgan fingerprint density at radius 1 is 1.20 bits per heavy atom. The van der Waals surface area contributed by atoms with Gasteiger partial charge in [-0.2, -0.15) is 0 Å². The van der Waals surface area contributed by atoms with E-state index in [0.29, 0.717) is 11.5 Å². The maximum atomic E-state index is 11.5. The Morgan fingerprint density at radius 3 is 2.65 bits per heavy atom. The van der Waals surface area contributed by atoms with Crippen molar-refractivity contribution in [3.05, 3.63) is 53.5 Å². The van der Waals surface area contributed by atoms with Crippen molar-refractivity contribution in [1.82, 2.24) is 0 Å². The van der Waals surface area contributed by atoms with Gasteiger partial charge in [0.25, 0.3) is 5.91 Å². The van der Waals surface area contributed by atoms with Gasteiger partial charge in [0, 0.05) is 0 Å². The third-order valence-corrected chi connectivity index (χ3v) is 2.66. The van der Waals surface area contributed by atoms with Crippen LogP contribution in [-0.2, 0) is 11.3 Å². The van der Waals surface area contributed by atoms with Crippen LogP contribution in [0.1, 0.15) is 26.5 Å². The zero-order valence-corrected chi connectivity index (χ0v) is 10.8. The third-order valence-electron chi connectivity index (χ3n) is 2.66. The van der Waals surface area contributed by atoms with E-state index < -0.39 is 11.9 Å². The molecule has 6 nitrogen and oxygen atoms in total. The van der Waals surface area contributed by atoms with Gasteiger partial charge in [0.1, 0.15) is 17.9 Å². The Labute approximate surface area is 115 Å². The second-order valence-electron chi connectivity index (χ2n) is 3.90. The number of furan rings is 1. The molecule has 0 fully saturated rings. The predicted molar refractivity (Wildman–Crippen MR) is 69.3 cm³/mol. The number of rotatable bonds is 5. The summed E-state index contributed by atoms with van der Waals surface area (Å²) in [6.45, 7) is -0.0122. The van der Waals surface area contributed by atoms with Crippen LogP contribution in [-0.4, -0.2) is 19.0 Å². The molecule has 0 saturated carbocycles. The molecule has 0 aliphatic heterocycles. The predicted octanol–water partition coefficient (Wildman–Crippen LogP) is 1.74. The minimum atomic E-state index is -0.590. The topological polar surface area (TPSA) is 91.8 Å². The number of hydrogen-bond acceptors (Lipinski definition) is 5. The van der Waals surface area contributed by atoms with E-state index in [2.05, 4.69) is 4.74 Å². The van der Waals surface area contributed by atoms with Crippen LogP contribution >= 0.6 is 0 Å². The highest BCUT2D eigenvalue weighted by Crippen LogP contribution is 2.20. The maximum absolute atomic E-state index is 11.5. The zero-order chi connectivity index (χ0) is 14.5. The van der Waals surface area contributed by atoms with Gasteiger partial charge in [-0.1, -0.05) is 12.1 Å². The Bertz CT molecular complexity index is 632. The first-order valence-electron chi connectivity index (χ1n) is 5.79. The second-order valence-corrected chi connectivity index (χ2v) is 3.90. The van der Waals surface area contributed by atoms with E-state index in [4.69, 9.17) is 14.9 Å². The van der Waals surface area contributed by atoms with Gasteiger partial charge in [0.2, 0.25) is 0 Å². The van der Waals surface area contributed by atoms with Crippen LogP contribution in [0.25, 0.3) is 0 Å². The summed E-state index contributed by atoms with van der Waals surface area (Å²) < 4.78 is 15.3. The van der Waals surface area contributed by atoms with E-state index in [1.165, 1.54) is 19.4 Å². The summed E-state index contributed by atoms with van der Waals surface area (Å²) in [5, 5.41) is 0. The standard InChI is InChI=1S/C14H13NO5/c1-18-14(17)10-6-7-19-12(10)8-20-11-5-3-2-4-9(11)13(15)16/h2-7H,8H2,1H3,(H2,15,16). The molecule has 1 aromatic heterocycles. The SMILES string of the molecule is COC(=O)c1ccoc1COc1ccccc1C(N)=O. The Morgan fingerprint density at radius 2 is 1.95 bits per heavy atom. The van der Waals surface area contributed by atoms with Crippen LogP contribution in [0.2, 0.25) is 0 Å². The third kappa shape index (κ3) is 2.80. The van der Waals surface area contributed by atoms with E-state index in [1.807, 2.05) is 0 Å². The molecule has 2 N–H and O–H groups in total. The Kier molecular flexibility index (Phi) is 4.05. The summed E-state index contributed by atoms with van der Waals surface area (Å²) in [5.74, 6) is -0.461. The van der Waals surface area contributed by atoms with Gasteiger partial charge in [-0.05, 0) is 18.2 Å². The molecule has 6 heteroatoms. The zero-order valence-electron chi connectivity index (χ0n) is 10.8. The lowest BCUT2D eigenvalue weighted by molar-refractivity contribution is 0.0595. The molecule has 1 aromatic carbocycles. The molecule has 2 aromatic rings. The lowest BCUT2D eigenvalue weighted by atomic mass is 10.2. The molecule has 0 bridgehead atoms. The average Bonchev–Trinajstić information content (AvgIpc) is 2.92. The Balaban J connectivity index is 2.16. The highest BCUT2D eigenvalue weighted by molar-refractivity contribution is 5.95. The van der Waals surface area contributed by atoms with E-state index in [1.54, 1.807) is 24.3 Å². The minimum absolute atomic E-state index is 0.0122. The van der Waals surface area contributed by atoms with Crippen LogP contribution in [0, 0.1) is 0 Å². The van der Waals surface area contributed by atoms with Crippen molar-refractivity contribution in [2.24, 2.45) is 5.73 Å². The summed E-state index contributed by atoms with van der Waals surface area (Å²) in [7, 11) is 1.28. The number of benzene rings is 1. The molecule has 1 amide bonds. The molecule has 0 aliphatic carbocycles. The quantitative estimate of drug-likeness (QED) is 0.839. The average molecular weight is 275 g/mol. The molecule has 0 unspecified atom stereocenters. The summed E-state index contributed by atoms with van der Waals surface area (Å²) >= 11 is 0. The molecule has 0 radical (unpaired) electrons. The monoisotopic (exact) mass is 275 g/mol. The van der Waals surface area contributed by atoms with Gasteiger partial charge >= 0.3 is 5.97 Å². The first kappa shape index (κ1) is 13.7. The number of carbonyl (C=O) groups excluding carboxylic acids is 2. The number of para-hydroxylation sites is 1. The Hall–Kier alpha value is -2.76. The highest BCUT2D eigenvalue weighted by Gasteiger charge is 2.16. The summed E-state index contributed by atoms with van der Waals surface area (Å²) in [6.07, 6.45) is 1.37. The van der Waals surface area contributed by atoms with E-state index in [-0.39, 0.29) is 17.7 Å². The summed E-state index contributed by atoms with van der Waals surface area (Å²) in [4.78, 5) is 22.7. The molecular weight excluding hydrogens is 262 g/mol. The van der Waals surface area contributed by atoms with Gasteiger partial charge < -0.3 is 19.6 Å². The van der Waals surface area contributed by atoms with Crippen LogP contribution in [0.4, 0.5) is 0 Å². The highest BCUT2D eigenvalue weighted by atomic mass is 16.5. The van der Waals surface area contributed by atoms with Crippen LogP contribution in [0.15, 0.2) is 41.0 Å². The molecule has 0 saturated heterocycles. The van der Waals surface area contributed by atoms with Gasteiger partial charge in [-0.3, -0.25) is 4.79 Å². The number of methoxy groups -OCH3 is 1. The lowest BCUT2D eigenvalue weighted by Crippen LogP contribution is -2.13. The summed E-state index contributed by atoms with van der Waals surface area (Å²) in [5.41, 5.74) is 5.79. The van der Waals surface area contributed by atoms with E-state index in [0.717, 1.165) is 0 Å². The van der Waals surface area contributed by atoms with Gasteiger partial charge in [0.15, 0.2) is 5.76 Å². The van der Waals surface area contributed by atoms with Crippen molar-refractivity contribution in [3.8, 4) is 5.75 Å². The first-order chi connectivity index (χ1) is 9.63. The molecule has 0 spiro atoms. The maximum Gasteiger partial charge on any atom is 0.341 e. The van der Waals surface area contributed by atoms with Crippen LogP contribution in [0.5, 0.6) is 5.75 Å². The van der Waals surface area contributed by atoms with Crippen molar-refractivity contribution in [3.63, 3.8) is 0 Å². The van der Waals surface area contributed by atoms with E-state index in [9.17, 15) is 9.59 Å².